The van der Waals surface area contributed by atoms with Gasteiger partial charge in [-0.2, -0.15) is 4.98 Å². The van der Waals surface area contributed by atoms with Crippen molar-refractivity contribution < 1.29 is 14.0 Å². The lowest BCUT2D eigenvalue weighted by molar-refractivity contribution is 0.237. The Hall–Kier alpha value is -1.79. The first-order valence-corrected chi connectivity index (χ1v) is 5.08. The second kappa shape index (κ2) is 4.60. The largest absolute Gasteiger partial charge is 0.394 e. The Labute approximate surface area is 97.1 Å². The molecule has 2 aromatic rings. The molecule has 1 aromatic heterocycles. The van der Waals surface area contributed by atoms with Crippen LogP contribution in [0.15, 0.2) is 22.7 Å². The number of hydrogen-bond acceptors (Lipinski definition) is 5. The highest BCUT2D eigenvalue weighted by Gasteiger charge is 2.16. The Balaban J connectivity index is 2.40. The van der Waals surface area contributed by atoms with E-state index in [2.05, 4.69) is 10.1 Å². The van der Waals surface area contributed by atoms with Gasteiger partial charge < -0.3 is 15.4 Å². The van der Waals surface area contributed by atoms with Crippen LogP contribution in [0.2, 0.25) is 0 Å². The lowest BCUT2D eigenvalue weighted by Gasteiger charge is -2.00. The van der Waals surface area contributed by atoms with E-state index in [1.807, 2.05) is 6.92 Å². The maximum absolute atomic E-state index is 13.1. The molecule has 1 atom stereocenters. The summed E-state index contributed by atoms with van der Waals surface area (Å²) in [4.78, 5) is 4.02. The van der Waals surface area contributed by atoms with Crippen molar-refractivity contribution in [2.24, 2.45) is 5.73 Å². The highest BCUT2D eigenvalue weighted by Crippen LogP contribution is 2.22. The summed E-state index contributed by atoms with van der Waals surface area (Å²) in [7, 11) is 0. The fraction of sp³-hybridized carbons (Fsp3) is 0.273. The van der Waals surface area contributed by atoms with Gasteiger partial charge in [0, 0.05) is 5.56 Å². The Morgan fingerprint density at radius 2 is 2.29 bits per heavy atom. The van der Waals surface area contributed by atoms with Crippen LogP contribution in [-0.4, -0.2) is 21.9 Å². The summed E-state index contributed by atoms with van der Waals surface area (Å²) in [5.74, 6) is 0.0236. The summed E-state index contributed by atoms with van der Waals surface area (Å²) in [6, 6.07) is 3.60. The van der Waals surface area contributed by atoms with Crippen molar-refractivity contribution in [3.05, 3.63) is 35.5 Å². The number of halogens is 1. The predicted octanol–water partition coefficient (Wildman–Crippen LogP) is 1.18. The number of rotatable bonds is 3. The topological polar surface area (TPSA) is 85.2 Å². The lowest BCUT2D eigenvalue weighted by atomic mass is 10.1. The lowest BCUT2D eigenvalue weighted by Crippen LogP contribution is -2.14. The molecule has 0 fully saturated rings. The van der Waals surface area contributed by atoms with E-state index in [1.165, 1.54) is 12.1 Å². The van der Waals surface area contributed by atoms with Crippen LogP contribution in [0.3, 0.4) is 0 Å². The van der Waals surface area contributed by atoms with Crippen molar-refractivity contribution in [2.45, 2.75) is 13.0 Å². The first-order valence-electron chi connectivity index (χ1n) is 5.08. The van der Waals surface area contributed by atoms with E-state index in [-0.39, 0.29) is 24.1 Å². The minimum absolute atomic E-state index is 0.131. The maximum atomic E-state index is 13.1. The Bertz CT molecular complexity index is 527. The number of nitrogens with zero attached hydrogens (tertiary/aromatic N) is 2. The van der Waals surface area contributed by atoms with E-state index in [1.54, 1.807) is 6.07 Å². The number of aromatic nitrogens is 2. The van der Waals surface area contributed by atoms with Gasteiger partial charge in [-0.15, -0.1) is 0 Å². The van der Waals surface area contributed by atoms with E-state index >= 15 is 0 Å². The highest BCUT2D eigenvalue weighted by atomic mass is 19.1. The van der Waals surface area contributed by atoms with Gasteiger partial charge in [0.15, 0.2) is 0 Å². The Morgan fingerprint density at radius 3 is 3.00 bits per heavy atom. The second-order valence-corrected chi connectivity index (χ2v) is 3.70. The van der Waals surface area contributed by atoms with Crippen LogP contribution >= 0.6 is 0 Å². The molecule has 90 valence electrons. The SMILES string of the molecule is Cc1ccc(F)cc1-c1noc(C(N)CO)n1. The van der Waals surface area contributed by atoms with Crippen LogP contribution in [0.5, 0.6) is 0 Å². The molecule has 0 amide bonds. The van der Waals surface area contributed by atoms with Gasteiger partial charge in [-0.25, -0.2) is 4.39 Å². The summed E-state index contributed by atoms with van der Waals surface area (Å²) in [6.07, 6.45) is 0. The molecule has 0 radical (unpaired) electrons. The minimum Gasteiger partial charge on any atom is -0.394 e. The van der Waals surface area contributed by atoms with Gasteiger partial charge in [0.2, 0.25) is 11.7 Å². The number of benzene rings is 1. The van der Waals surface area contributed by atoms with Gasteiger partial charge in [-0.1, -0.05) is 11.2 Å². The summed E-state index contributed by atoms with van der Waals surface area (Å²) < 4.78 is 18.0. The molecule has 1 aromatic carbocycles. The van der Waals surface area contributed by atoms with Crippen molar-refractivity contribution >= 4 is 0 Å². The molecule has 2 rings (SSSR count). The molecule has 0 aliphatic heterocycles. The smallest absolute Gasteiger partial charge is 0.246 e. The number of aliphatic hydroxyl groups excluding tert-OH is 1. The molecule has 0 saturated carbocycles. The summed E-state index contributed by atoms with van der Waals surface area (Å²) in [5.41, 5.74) is 6.91. The molecule has 5 nitrogen and oxygen atoms in total. The highest BCUT2D eigenvalue weighted by molar-refractivity contribution is 5.59. The van der Waals surface area contributed by atoms with Crippen molar-refractivity contribution in [3.63, 3.8) is 0 Å². The number of aryl methyl sites for hydroxylation is 1. The summed E-state index contributed by atoms with van der Waals surface area (Å²) in [5, 5.41) is 12.6. The van der Waals surface area contributed by atoms with Crippen LogP contribution in [0.25, 0.3) is 11.4 Å². The van der Waals surface area contributed by atoms with Crippen molar-refractivity contribution in [1.82, 2.24) is 10.1 Å². The molecule has 0 spiro atoms. The third-order valence-electron chi connectivity index (χ3n) is 2.40. The standard InChI is InChI=1S/C11H12FN3O2/c1-6-2-3-7(12)4-8(6)10-14-11(17-15-10)9(13)5-16/h2-4,9,16H,5,13H2,1H3. The van der Waals surface area contributed by atoms with E-state index in [9.17, 15) is 4.39 Å². The number of nitrogens with two attached hydrogens (primary N) is 1. The van der Waals surface area contributed by atoms with Gasteiger partial charge in [0.1, 0.15) is 11.9 Å². The molecule has 0 saturated heterocycles. The fourth-order valence-corrected chi connectivity index (χ4v) is 1.41. The summed E-state index contributed by atoms with van der Waals surface area (Å²) >= 11 is 0. The zero-order valence-electron chi connectivity index (χ0n) is 9.22. The van der Waals surface area contributed by atoms with Crippen molar-refractivity contribution in [3.8, 4) is 11.4 Å². The first kappa shape index (κ1) is 11.7. The average Bonchev–Trinajstić information content (AvgIpc) is 2.80. The summed E-state index contributed by atoms with van der Waals surface area (Å²) in [6.45, 7) is 1.53. The molecule has 1 heterocycles. The Morgan fingerprint density at radius 1 is 1.53 bits per heavy atom. The normalized spacial score (nSPS) is 12.7. The third-order valence-corrected chi connectivity index (χ3v) is 2.40. The predicted molar refractivity (Wildman–Crippen MR) is 58.4 cm³/mol. The zero-order chi connectivity index (χ0) is 12.4. The third kappa shape index (κ3) is 2.32. The van der Waals surface area contributed by atoms with E-state index < -0.39 is 6.04 Å². The molecule has 3 N–H and O–H groups in total. The van der Waals surface area contributed by atoms with E-state index in [4.69, 9.17) is 15.4 Å². The second-order valence-electron chi connectivity index (χ2n) is 3.70. The maximum Gasteiger partial charge on any atom is 0.246 e. The quantitative estimate of drug-likeness (QED) is 0.837. The zero-order valence-corrected chi connectivity index (χ0v) is 9.22. The van der Waals surface area contributed by atoms with E-state index in [0.717, 1.165) is 5.56 Å². The molecule has 17 heavy (non-hydrogen) atoms. The van der Waals surface area contributed by atoms with Crippen LogP contribution in [0, 0.1) is 12.7 Å². The molecule has 1 unspecified atom stereocenters. The van der Waals surface area contributed by atoms with Gasteiger partial charge in [-0.05, 0) is 24.6 Å². The molecule has 0 aliphatic rings. The molecule has 0 aliphatic carbocycles. The van der Waals surface area contributed by atoms with Crippen LogP contribution in [-0.2, 0) is 0 Å². The molecule has 0 bridgehead atoms. The van der Waals surface area contributed by atoms with Crippen LogP contribution in [0.4, 0.5) is 4.39 Å². The molecular weight excluding hydrogens is 225 g/mol. The average molecular weight is 237 g/mol. The number of hydrogen-bond donors (Lipinski definition) is 2. The first-order chi connectivity index (χ1) is 8.11. The molecule has 6 heteroatoms. The monoisotopic (exact) mass is 237 g/mol. The van der Waals surface area contributed by atoms with E-state index in [0.29, 0.717) is 5.56 Å². The number of aliphatic hydroxyl groups is 1. The van der Waals surface area contributed by atoms with Crippen molar-refractivity contribution in [1.29, 1.82) is 0 Å². The van der Waals surface area contributed by atoms with Gasteiger partial charge >= 0.3 is 0 Å². The Kier molecular flexibility index (Phi) is 3.16. The molecular formula is C11H12FN3O2. The van der Waals surface area contributed by atoms with Gasteiger partial charge in [-0.3, -0.25) is 0 Å². The minimum atomic E-state index is -0.717. The van der Waals surface area contributed by atoms with Gasteiger partial charge in [0.05, 0.1) is 6.61 Å². The van der Waals surface area contributed by atoms with Crippen LogP contribution < -0.4 is 5.73 Å². The van der Waals surface area contributed by atoms with Crippen molar-refractivity contribution in [2.75, 3.05) is 6.61 Å². The van der Waals surface area contributed by atoms with Gasteiger partial charge in [0.25, 0.3) is 0 Å². The van der Waals surface area contributed by atoms with Crippen LogP contribution in [0.1, 0.15) is 17.5 Å². The fourth-order valence-electron chi connectivity index (χ4n) is 1.41.